The molecule has 5 nitrogen and oxygen atoms in total. The molecule has 2 aromatic rings. The minimum atomic E-state index is -0.406. The van der Waals surface area contributed by atoms with Crippen LogP contribution in [0.4, 0.5) is 0 Å². The molecule has 1 saturated heterocycles. The van der Waals surface area contributed by atoms with E-state index in [1.54, 1.807) is 6.07 Å². The van der Waals surface area contributed by atoms with Gasteiger partial charge in [-0.25, -0.2) is 4.79 Å². The van der Waals surface area contributed by atoms with Crippen molar-refractivity contribution < 1.29 is 19.4 Å². The van der Waals surface area contributed by atoms with E-state index >= 15 is 0 Å². The number of phenolic OH excluding ortho intramolecular Hbond substituents is 1. The van der Waals surface area contributed by atoms with Gasteiger partial charge in [-0.05, 0) is 56.5 Å². The first-order valence-electron chi connectivity index (χ1n) is 11.1. The summed E-state index contributed by atoms with van der Waals surface area (Å²) >= 11 is 0. The van der Waals surface area contributed by atoms with Crippen LogP contribution in [0, 0.1) is 0 Å². The third-order valence-electron chi connectivity index (χ3n) is 5.57. The molecule has 0 saturated carbocycles. The first kappa shape index (κ1) is 22.2. The lowest BCUT2D eigenvalue weighted by molar-refractivity contribution is 0.0316. The highest BCUT2D eigenvalue weighted by molar-refractivity contribution is 5.92. The average molecular weight is 412 g/mol. The van der Waals surface area contributed by atoms with E-state index in [2.05, 4.69) is 24.0 Å². The number of nitrogens with zero attached hydrogens (tertiary/aromatic N) is 1. The Hall–Kier alpha value is -2.53. The lowest BCUT2D eigenvalue weighted by Gasteiger charge is -2.34. The van der Waals surface area contributed by atoms with Gasteiger partial charge in [-0.15, -0.1) is 0 Å². The molecule has 0 aliphatic carbocycles. The van der Waals surface area contributed by atoms with Gasteiger partial charge in [-0.1, -0.05) is 50.1 Å². The van der Waals surface area contributed by atoms with Crippen molar-refractivity contribution in [3.8, 4) is 11.5 Å². The highest BCUT2D eigenvalue weighted by Gasteiger charge is 2.24. The van der Waals surface area contributed by atoms with Crippen molar-refractivity contribution in [1.29, 1.82) is 0 Å². The second-order valence-corrected chi connectivity index (χ2v) is 7.92. The zero-order chi connectivity index (χ0) is 21.2. The number of rotatable bonds is 10. The lowest BCUT2D eigenvalue weighted by atomic mass is 10.0. The van der Waals surface area contributed by atoms with E-state index in [1.165, 1.54) is 37.0 Å². The largest absolute Gasteiger partial charge is 0.508 e. The van der Waals surface area contributed by atoms with Gasteiger partial charge in [-0.2, -0.15) is 0 Å². The summed E-state index contributed by atoms with van der Waals surface area (Å²) in [6, 6.07) is 15.1. The number of carbonyl (C=O) groups excluding carboxylic acids is 1. The van der Waals surface area contributed by atoms with Gasteiger partial charge in [0.2, 0.25) is 0 Å². The monoisotopic (exact) mass is 411 g/mol. The Bertz CT molecular complexity index is 787. The van der Waals surface area contributed by atoms with E-state index in [9.17, 15) is 9.90 Å². The third-order valence-corrected chi connectivity index (χ3v) is 5.57. The summed E-state index contributed by atoms with van der Waals surface area (Å²) in [4.78, 5) is 15.3. The van der Waals surface area contributed by atoms with E-state index < -0.39 is 5.97 Å². The molecule has 1 N–H and O–H groups in total. The van der Waals surface area contributed by atoms with Gasteiger partial charge in [0.05, 0.1) is 6.61 Å². The Morgan fingerprint density at radius 3 is 2.60 bits per heavy atom. The average Bonchev–Trinajstić information content (AvgIpc) is 2.78. The van der Waals surface area contributed by atoms with Crippen LogP contribution in [0.25, 0.3) is 0 Å². The van der Waals surface area contributed by atoms with Crippen LogP contribution in [0.2, 0.25) is 0 Å². The quantitative estimate of drug-likeness (QED) is 0.448. The van der Waals surface area contributed by atoms with Crippen LogP contribution < -0.4 is 4.74 Å². The zero-order valence-electron chi connectivity index (χ0n) is 17.9. The molecule has 5 heteroatoms. The number of phenols is 1. The fourth-order valence-electron chi connectivity index (χ4n) is 3.84. The van der Waals surface area contributed by atoms with E-state index in [1.807, 2.05) is 18.2 Å². The maximum atomic E-state index is 12.8. The number of likely N-dealkylation sites (tertiary alicyclic amines) is 1. The standard InChI is InChI=1S/C25H33NO4/c1-2-3-16-29-24-18-22(27)12-13-23(24)25(28)30-19-21(26-14-8-5-9-15-26)17-20-10-6-4-7-11-20/h4,6-7,10-13,18,21,27H,2-3,5,8-9,14-17,19H2,1H3/t21-/m0/s1. The Balaban J connectivity index is 1.67. The molecular formula is C25H33NO4. The van der Waals surface area contributed by atoms with Gasteiger partial charge in [0, 0.05) is 12.1 Å². The van der Waals surface area contributed by atoms with Gasteiger partial charge in [0.1, 0.15) is 23.7 Å². The minimum absolute atomic E-state index is 0.0771. The van der Waals surface area contributed by atoms with Crippen molar-refractivity contribution in [2.45, 2.75) is 51.5 Å². The van der Waals surface area contributed by atoms with Crippen molar-refractivity contribution >= 4 is 5.97 Å². The molecule has 2 aromatic carbocycles. The number of benzene rings is 2. The third kappa shape index (κ3) is 6.49. The predicted octanol–water partition coefficient (Wildman–Crippen LogP) is 4.83. The number of carbonyl (C=O) groups is 1. The second kappa shape index (κ2) is 11.6. The fourth-order valence-corrected chi connectivity index (χ4v) is 3.84. The number of hydrogen-bond acceptors (Lipinski definition) is 5. The summed E-state index contributed by atoms with van der Waals surface area (Å²) in [6.45, 7) is 5.00. The molecule has 1 aliphatic heterocycles. The molecule has 1 aliphatic rings. The predicted molar refractivity (Wildman–Crippen MR) is 118 cm³/mol. The van der Waals surface area contributed by atoms with E-state index in [4.69, 9.17) is 9.47 Å². The highest BCUT2D eigenvalue weighted by Crippen LogP contribution is 2.26. The summed E-state index contributed by atoms with van der Waals surface area (Å²) in [5, 5.41) is 9.79. The first-order valence-corrected chi connectivity index (χ1v) is 11.1. The first-order chi connectivity index (χ1) is 14.7. The number of esters is 1. The number of hydrogen-bond donors (Lipinski definition) is 1. The van der Waals surface area contributed by atoms with Gasteiger partial charge in [-0.3, -0.25) is 4.90 Å². The number of piperidine rings is 1. The topological polar surface area (TPSA) is 59.0 Å². The molecule has 0 spiro atoms. The molecule has 0 bridgehead atoms. The van der Waals surface area contributed by atoms with Crippen molar-refractivity contribution in [2.75, 3.05) is 26.3 Å². The molecule has 1 fully saturated rings. The van der Waals surface area contributed by atoms with Crippen LogP contribution in [-0.2, 0) is 11.2 Å². The fraction of sp³-hybridized carbons (Fsp3) is 0.480. The summed E-state index contributed by atoms with van der Waals surface area (Å²) in [7, 11) is 0. The molecule has 0 amide bonds. The van der Waals surface area contributed by atoms with Gasteiger partial charge in [0.15, 0.2) is 0 Å². The van der Waals surface area contributed by atoms with E-state index in [0.717, 1.165) is 32.4 Å². The van der Waals surface area contributed by atoms with E-state index in [-0.39, 0.29) is 11.8 Å². The highest BCUT2D eigenvalue weighted by atomic mass is 16.5. The van der Waals surface area contributed by atoms with Gasteiger partial charge < -0.3 is 14.6 Å². The molecule has 0 aromatic heterocycles. The Morgan fingerprint density at radius 2 is 1.87 bits per heavy atom. The summed E-state index contributed by atoms with van der Waals surface area (Å²) in [6.07, 6.45) is 6.37. The minimum Gasteiger partial charge on any atom is -0.508 e. The molecule has 30 heavy (non-hydrogen) atoms. The van der Waals surface area contributed by atoms with Crippen LogP contribution in [0.3, 0.4) is 0 Å². The van der Waals surface area contributed by atoms with Gasteiger partial charge in [0.25, 0.3) is 0 Å². The summed E-state index contributed by atoms with van der Waals surface area (Å²) in [5.41, 5.74) is 1.61. The molecule has 3 rings (SSSR count). The second-order valence-electron chi connectivity index (χ2n) is 7.92. The molecular weight excluding hydrogens is 378 g/mol. The van der Waals surface area contributed by atoms with E-state index in [0.29, 0.717) is 24.5 Å². The Morgan fingerprint density at radius 1 is 1.10 bits per heavy atom. The smallest absolute Gasteiger partial charge is 0.341 e. The van der Waals surface area contributed by atoms with Gasteiger partial charge >= 0.3 is 5.97 Å². The zero-order valence-corrected chi connectivity index (χ0v) is 17.9. The van der Waals surface area contributed by atoms with Crippen LogP contribution in [-0.4, -0.2) is 48.3 Å². The number of aromatic hydroxyl groups is 1. The lowest BCUT2D eigenvalue weighted by Crippen LogP contribution is -2.43. The number of ether oxygens (including phenoxy) is 2. The van der Waals surface area contributed by atoms with Crippen LogP contribution in [0.5, 0.6) is 11.5 Å². The SMILES string of the molecule is CCCCOc1cc(O)ccc1C(=O)OC[C@H](Cc1ccccc1)N1CCCCC1. The van der Waals surface area contributed by atoms with Crippen LogP contribution in [0.15, 0.2) is 48.5 Å². The summed E-state index contributed by atoms with van der Waals surface area (Å²) < 4.78 is 11.5. The maximum Gasteiger partial charge on any atom is 0.341 e. The van der Waals surface area contributed by atoms with Crippen molar-refractivity contribution in [2.24, 2.45) is 0 Å². The normalized spacial score (nSPS) is 15.5. The van der Waals surface area contributed by atoms with Crippen LogP contribution >= 0.6 is 0 Å². The van der Waals surface area contributed by atoms with Crippen LogP contribution in [0.1, 0.15) is 54.9 Å². The molecule has 0 radical (unpaired) electrons. The van der Waals surface area contributed by atoms with Crippen molar-refractivity contribution in [3.63, 3.8) is 0 Å². The molecule has 162 valence electrons. The number of unbranched alkanes of at least 4 members (excludes halogenated alkanes) is 1. The molecule has 0 unspecified atom stereocenters. The molecule has 1 atom stereocenters. The Labute approximate surface area is 179 Å². The maximum absolute atomic E-state index is 12.8. The summed E-state index contributed by atoms with van der Waals surface area (Å²) in [5.74, 6) is 0.0518. The van der Waals surface area contributed by atoms with Crippen molar-refractivity contribution in [1.82, 2.24) is 4.90 Å². The molecule has 1 heterocycles. The van der Waals surface area contributed by atoms with Crippen molar-refractivity contribution in [3.05, 3.63) is 59.7 Å². The Kier molecular flexibility index (Phi) is 8.57.